The monoisotopic (exact) mass is 1630 g/mol. The van der Waals surface area contributed by atoms with Gasteiger partial charge < -0.3 is 83.8 Å². The number of alkyl halides is 1. The molecular formula is C83H131BrN10O18. The molecule has 8 rings (SSSR count). The lowest BCUT2D eigenvalue weighted by atomic mass is 9.85. The molecule has 5 aliphatic rings. The first-order valence-electron chi connectivity index (χ1n) is 39.4. The van der Waals surface area contributed by atoms with E-state index in [1.165, 1.54) is 14.2 Å². The normalized spacial score (nSPS) is 20.0. The molecule has 3 aliphatic carbocycles. The van der Waals surface area contributed by atoms with Gasteiger partial charge in [0.2, 0.25) is 11.8 Å². The standard InChI is InChI=1S/C30H46N4O6.C23H38N2O5.C12H24N2O2.C11H14O4.C7H9BrN2O/c1-8-39-23-16-25(37-6)24(26(17-23)38-7)19-33(20-28(35)34-15-9-10-27(34)31-5)22-13-11-21(12-14-22)18-32-29(36)40-30(2,3)4;1-7-29-18-12-20(27-5)19(21(13-18)28-6)15-24-17-10-8-16(9-11-17)14-25-22(26)30-23(2,3)4;1-12(2,3)16-11(15)14-8-9-4-6-10(13)7-5-9;1-4-15-8-5-10(13-2)9(7-12)11(6-8)14-3;1-9-6-3-2-4-10(6)7(11)5-8/h16-17,21-22,27H,8-15,18-20H2,1-4,6-7H3,(H,32,36);12-13,16-17,24H,7-11,14-15H2,1-6H3,(H,25,26);9-10H,4-8,13H2,1-3H3,(H,14,15);5-7H,4H2,1-3H3;6H,2-5H2/t21?,22?,27-;;;;6-/m0...0/s1. The quantitative estimate of drug-likeness (QED) is 0.0195. The van der Waals surface area contributed by atoms with Crippen LogP contribution >= 0.6 is 15.9 Å². The fraction of sp³-hybridized carbons (Fsp3) is 0.687. The number of hydrogen-bond acceptors (Lipinski definition) is 21. The Morgan fingerprint density at radius 1 is 0.509 bits per heavy atom. The van der Waals surface area contributed by atoms with Gasteiger partial charge in [-0.25, -0.2) is 27.5 Å². The molecule has 0 spiro atoms. The number of ether oxygens (including phenoxy) is 12. The van der Waals surface area contributed by atoms with Gasteiger partial charge in [0.05, 0.1) is 91.0 Å². The van der Waals surface area contributed by atoms with Crippen LogP contribution in [-0.4, -0.2) is 205 Å². The highest BCUT2D eigenvalue weighted by molar-refractivity contribution is 9.09. The lowest BCUT2D eigenvalue weighted by molar-refractivity contribution is -0.133. The molecule has 2 aliphatic heterocycles. The van der Waals surface area contributed by atoms with Crippen molar-refractivity contribution in [3.8, 4) is 51.7 Å². The van der Waals surface area contributed by atoms with Crippen LogP contribution in [0.2, 0.25) is 0 Å². The number of amides is 5. The minimum atomic E-state index is -0.528. The van der Waals surface area contributed by atoms with E-state index >= 15 is 0 Å². The average molecular weight is 1640 g/mol. The number of carbonyl (C=O) groups is 6. The van der Waals surface area contributed by atoms with Crippen LogP contribution in [0.25, 0.3) is 9.69 Å². The molecule has 2 atom stereocenters. The second-order valence-corrected chi connectivity index (χ2v) is 31.8. The second kappa shape index (κ2) is 49.3. The summed E-state index contributed by atoms with van der Waals surface area (Å²) in [4.78, 5) is 83.4. The van der Waals surface area contributed by atoms with E-state index in [0.717, 1.165) is 138 Å². The van der Waals surface area contributed by atoms with Gasteiger partial charge in [-0.2, -0.15) is 0 Å². The minimum absolute atomic E-state index is 0.0175. The zero-order valence-electron chi connectivity index (χ0n) is 70.0. The van der Waals surface area contributed by atoms with Gasteiger partial charge in [-0.3, -0.25) is 38.8 Å². The maximum Gasteiger partial charge on any atom is 0.407 e. The molecule has 112 heavy (non-hydrogen) atoms. The molecule has 2 saturated heterocycles. The van der Waals surface area contributed by atoms with Crippen molar-refractivity contribution in [3.63, 3.8) is 0 Å². The predicted octanol–water partition coefficient (Wildman–Crippen LogP) is 14.3. The molecule has 5 amide bonds. The van der Waals surface area contributed by atoms with E-state index in [1.807, 2.05) is 107 Å². The number of nitrogens with one attached hydrogen (secondary N) is 4. The van der Waals surface area contributed by atoms with Crippen molar-refractivity contribution in [2.75, 3.05) is 107 Å². The molecule has 3 aromatic rings. The Hall–Kier alpha value is -8.38. The molecule has 3 aromatic carbocycles. The third-order valence-electron chi connectivity index (χ3n) is 19.4. The number of alkyl carbamates (subject to hydrolysis) is 3. The Morgan fingerprint density at radius 2 is 0.848 bits per heavy atom. The summed E-state index contributed by atoms with van der Waals surface area (Å²) in [5, 5.41) is 12.6. The van der Waals surface area contributed by atoms with Crippen molar-refractivity contribution in [2.45, 2.75) is 246 Å². The Balaban J connectivity index is 0.000000320. The highest BCUT2D eigenvalue weighted by Crippen LogP contribution is 2.39. The van der Waals surface area contributed by atoms with Gasteiger partial charge in [0, 0.05) is 113 Å². The fourth-order valence-corrected chi connectivity index (χ4v) is 14.1. The number of hydrogen-bond donors (Lipinski definition) is 5. The van der Waals surface area contributed by atoms with Crippen molar-refractivity contribution >= 4 is 52.3 Å². The predicted molar refractivity (Wildman–Crippen MR) is 435 cm³/mol. The van der Waals surface area contributed by atoms with E-state index in [4.69, 9.17) is 75.7 Å². The molecule has 6 N–H and O–H groups in total. The van der Waals surface area contributed by atoms with Gasteiger partial charge in [-0.15, -0.1) is 0 Å². The first-order valence-corrected chi connectivity index (χ1v) is 40.5. The van der Waals surface area contributed by atoms with Gasteiger partial charge in [-0.1, -0.05) is 15.9 Å². The van der Waals surface area contributed by atoms with Crippen molar-refractivity contribution < 1.29 is 85.6 Å². The molecule has 0 aromatic heterocycles. The molecule has 28 nitrogen and oxygen atoms in total. The summed E-state index contributed by atoms with van der Waals surface area (Å²) in [5.74, 6) is 7.17. The number of rotatable bonds is 28. The van der Waals surface area contributed by atoms with E-state index in [0.29, 0.717) is 141 Å². The van der Waals surface area contributed by atoms with E-state index < -0.39 is 22.9 Å². The number of likely N-dealkylation sites (tertiary alicyclic amines) is 2. The van der Waals surface area contributed by atoms with E-state index in [-0.39, 0.29) is 48.9 Å². The lowest BCUT2D eigenvalue weighted by Crippen LogP contribution is -2.47. The summed E-state index contributed by atoms with van der Waals surface area (Å²) in [7, 11) is 9.57. The van der Waals surface area contributed by atoms with Crippen molar-refractivity contribution in [1.82, 2.24) is 36.0 Å². The molecule has 628 valence electrons. The zero-order chi connectivity index (χ0) is 83.1. The summed E-state index contributed by atoms with van der Waals surface area (Å²) in [6.45, 7) is 43.2. The molecule has 0 radical (unpaired) electrons. The number of aldehydes is 1. The van der Waals surface area contributed by atoms with Crippen LogP contribution in [0.15, 0.2) is 36.4 Å². The summed E-state index contributed by atoms with van der Waals surface area (Å²) in [6, 6.07) is 11.8. The zero-order valence-corrected chi connectivity index (χ0v) is 71.6. The number of nitrogens with two attached hydrogens (primary N) is 1. The number of carbonyl (C=O) groups excluding carboxylic acids is 6. The molecule has 0 unspecified atom stereocenters. The maximum atomic E-state index is 13.5. The number of nitrogens with zero attached hydrogens (tertiary/aromatic N) is 5. The number of benzene rings is 3. The Kier molecular flexibility index (Phi) is 42.2. The van der Waals surface area contributed by atoms with E-state index in [9.17, 15) is 28.8 Å². The Bertz CT molecular complexity index is 3380. The van der Waals surface area contributed by atoms with Gasteiger partial charge in [-0.05, 0) is 191 Å². The van der Waals surface area contributed by atoms with Crippen LogP contribution in [0.1, 0.15) is 207 Å². The van der Waals surface area contributed by atoms with Crippen LogP contribution in [0.3, 0.4) is 0 Å². The SMILES string of the molecule is CC(C)(C)OC(=O)NCC1CCC(N)CC1.CCOc1cc(OC)c(C=O)c(OC)c1.CCOc1cc(OC)c(CNC2CCC(CNC(=O)OC(C)(C)C)CC2)c(OC)c1.[C-]#[N+][C@@H]1CCCN1C(=O)CBr.[C-]#[N+][C@@H]1CCCN1C(=O)CN(Cc1c(OC)cc(OCC)cc1OC)C1CCC(CNC(=O)OC(C)(C)C)CC1. The van der Waals surface area contributed by atoms with Crippen LogP contribution < -0.4 is 69.6 Å². The summed E-state index contributed by atoms with van der Waals surface area (Å²) in [6.07, 6.45) is 14.8. The topological polar surface area (TPSA) is 306 Å². The second-order valence-electron chi connectivity index (χ2n) is 31.2. The number of halogens is 1. The molecule has 5 fully saturated rings. The van der Waals surface area contributed by atoms with Crippen molar-refractivity contribution in [1.29, 1.82) is 0 Å². The highest BCUT2D eigenvalue weighted by Gasteiger charge is 2.37. The number of methoxy groups -OCH3 is 6. The fourth-order valence-electron chi connectivity index (χ4n) is 13.8. The first kappa shape index (κ1) is 96.0. The third-order valence-corrected chi connectivity index (χ3v) is 19.8. The lowest BCUT2D eigenvalue weighted by Gasteiger charge is -2.37. The van der Waals surface area contributed by atoms with E-state index in [2.05, 4.69) is 51.8 Å². The summed E-state index contributed by atoms with van der Waals surface area (Å²) < 4.78 is 65.2. The largest absolute Gasteiger partial charge is 0.496 e. The van der Waals surface area contributed by atoms with Gasteiger partial charge in [0.1, 0.15) is 68.5 Å². The summed E-state index contributed by atoms with van der Waals surface area (Å²) >= 11 is 3.09. The molecule has 2 heterocycles. The Labute approximate surface area is 674 Å². The first-order chi connectivity index (χ1) is 53.2. The van der Waals surface area contributed by atoms with Crippen molar-refractivity contribution in [2.24, 2.45) is 23.5 Å². The third kappa shape index (κ3) is 34.1. The van der Waals surface area contributed by atoms with Gasteiger partial charge >= 0.3 is 30.6 Å². The average Bonchev–Trinajstić information content (AvgIpc) is 0.864. The molecular weight excluding hydrogens is 1500 g/mol. The summed E-state index contributed by atoms with van der Waals surface area (Å²) in [5.41, 5.74) is 6.66. The highest BCUT2D eigenvalue weighted by atomic mass is 79.9. The molecule has 0 bridgehead atoms. The molecule has 3 saturated carbocycles. The van der Waals surface area contributed by atoms with Crippen LogP contribution in [-0.2, 0) is 36.9 Å². The molecule has 29 heteroatoms. The maximum absolute atomic E-state index is 13.5. The van der Waals surface area contributed by atoms with Gasteiger partial charge in [0.25, 0.3) is 0 Å². The Morgan fingerprint density at radius 3 is 1.18 bits per heavy atom. The van der Waals surface area contributed by atoms with Crippen LogP contribution in [0.5, 0.6) is 51.7 Å². The minimum Gasteiger partial charge on any atom is -0.496 e. The van der Waals surface area contributed by atoms with E-state index in [1.54, 1.807) is 50.4 Å². The van der Waals surface area contributed by atoms with Gasteiger partial charge in [0.15, 0.2) is 6.29 Å². The van der Waals surface area contributed by atoms with Crippen LogP contribution in [0, 0.1) is 30.9 Å². The smallest absolute Gasteiger partial charge is 0.407 e. The van der Waals surface area contributed by atoms with Crippen LogP contribution in [0.4, 0.5) is 14.4 Å². The van der Waals surface area contributed by atoms with Crippen molar-refractivity contribution in [3.05, 3.63) is 75.9 Å².